The lowest BCUT2D eigenvalue weighted by Crippen LogP contribution is -2.09. The van der Waals surface area contributed by atoms with E-state index in [0.29, 0.717) is 12.2 Å². The summed E-state index contributed by atoms with van der Waals surface area (Å²) in [5.41, 5.74) is 3.46. The number of halogens is 1. The Hall–Kier alpha value is -3.59. The van der Waals surface area contributed by atoms with E-state index in [1.54, 1.807) is 32.7 Å². The molecule has 1 N–H and O–H groups in total. The molecule has 0 amide bonds. The number of hydrogen-bond donors (Lipinski definition) is 1. The van der Waals surface area contributed by atoms with Gasteiger partial charge in [0.25, 0.3) is 0 Å². The zero-order chi connectivity index (χ0) is 19.6. The molecule has 144 valence electrons. The van der Waals surface area contributed by atoms with Gasteiger partial charge in [-0.05, 0) is 53.9 Å². The SMILES string of the molecule is Fc1ccc(-n2ccc(CCNc3ccc4nnc(-c5ccsc5)n4n3)n2)cc1. The highest BCUT2D eigenvalue weighted by atomic mass is 32.1. The van der Waals surface area contributed by atoms with E-state index in [4.69, 9.17) is 0 Å². The van der Waals surface area contributed by atoms with Crippen LogP contribution in [0.3, 0.4) is 0 Å². The van der Waals surface area contributed by atoms with E-state index in [9.17, 15) is 4.39 Å². The van der Waals surface area contributed by atoms with Gasteiger partial charge < -0.3 is 5.32 Å². The fraction of sp³-hybridized carbons (Fsp3) is 0.100. The Labute approximate surface area is 169 Å². The predicted octanol–water partition coefficient (Wildman–Crippen LogP) is 3.83. The van der Waals surface area contributed by atoms with Crippen molar-refractivity contribution in [3.05, 3.63) is 77.0 Å². The Bertz CT molecular complexity index is 1240. The van der Waals surface area contributed by atoms with E-state index in [-0.39, 0.29) is 5.82 Å². The maximum absolute atomic E-state index is 13.1. The van der Waals surface area contributed by atoms with Crippen molar-refractivity contribution in [3.63, 3.8) is 0 Å². The second-order valence-corrected chi connectivity index (χ2v) is 7.21. The minimum absolute atomic E-state index is 0.259. The Kier molecular flexibility index (Phi) is 4.49. The van der Waals surface area contributed by atoms with Crippen molar-refractivity contribution in [2.75, 3.05) is 11.9 Å². The van der Waals surface area contributed by atoms with Crippen LogP contribution >= 0.6 is 11.3 Å². The second kappa shape index (κ2) is 7.44. The Balaban J connectivity index is 1.27. The van der Waals surface area contributed by atoms with Gasteiger partial charge in [-0.1, -0.05) is 0 Å². The molecule has 0 saturated carbocycles. The molecule has 0 aliphatic heterocycles. The van der Waals surface area contributed by atoms with Crippen LogP contribution in [-0.4, -0.2) is 36.1 Å². The van der Waals surface area contributed by atoms with E-state index >= 15 is 0 Å². The fourth-order valence-corrected chi connectivity index (χ4v) is 3.64. The van der Waals surface area contributed by atoms with Crippen molar-refractivity contribution in [2.45, 2.75) is 6.42 Å². The normalized spacial score (nSPS) is 11.2. The lowest BCUT2D eigenvalue weighted by Gasteiger charge is -2.05. The van der Waals surface area contributed by atoms with Crippen molar-refractivity contribution < 1.29 is 4.39 Å². The molecule has 0 aliphatic rings. The average Bonchev–Trinajstić information content (AvgIpc) is 3.49. The Morgan fingerprint density at radius 3 is 2.69 bits per heavy atom. The molecular formula is C20H16FN7S. The molecular weight excluding hydrogens is 389 g/mol. The van der Waals surface area contributed by atoms with Gasteiger partial charge in [0.05, 0.1) is 11.4 Å². The molecule has 0 spiro atoms. The smallest absolute Gasteiger partial charge is 0.186 e. The van der Waals surface area contributed by atoms with E-state index in [0.717, 1.165) is 35.0 Å². The van der Waals surface area contributed by atoms with Crippen molar-refractivity contribution in [1.82, 2.24) is 29.6 Å². The molecule has 0 bridgehead atoms. The lowest BCUT2D eigenvalue weighted by atomic mass is 10.3. The number of hydrogen-bond acceptors (Lipinski definition) is 6. The summed E-state index contributed by atoms with van der Waals surface area (Å²) in [4.78, 5) is 0. The molecule has 29 heavy (non-hydrogen) atoms. The molecule has 0 fully saturated rings. The van der Waals surface area contributed by atoms with Gasteiger partial charge in [0.15, 0.2) is 11.5 Å². The highest BCUT2D eigenvalue weighted by Crippen LogP contribution is 2.20. The minimum atomic E-state index is -0.259. The van der Waals surface area contributed by atoms with Crippen molar-refractivity contribution in [1.29, 1.82) is 0 Å². The summed E-state index contributed by atoms with van der Waals surface area (Å²) in [5, 5.41) is 24.9. The van der Waals surface area contributed by atoms with Gasteiger partial charge in [-0.15, -0.1) is 15.3 Å². The third-order valence-corrected chi connectivity index (χ3v) is 5.15. The van der Waals surface area contributed by atoms with Crippen LogP contribution in [0.1, 0.15) is 5.69 Å². The topological polar surface area (TPSA) is 72.9 Å². The van der Waals surface area contributed by atoms with Gasteiger partial charge in [-0.25, -0.2) is 9.07 Å². The van der Waals surface area contributed by atoms with Crippen LogP contribution in [0.4, 0.5) is 10.2 Å². The first-order valence-corrected chi connectivity index (χ1v) is 10.00. The first-order chi connectivity index (χ1) is 14.3. The van der Waals surface area contributed by atoms with E-state index in [1.165, 1.54) is 12.1 Å². The summed E-state index contributed by atoms with van der Waals surface area (Å²) >= 11 is 1.61. The number of thiophene rings is 1. The molecule has 0 radical (unpaired) electrons. The first kappa shape index (κ1) is 17.5. The first-order valence-electron chi connectivity index (χ1n) is 9.06. The maximum atomic E-state index is 13.1. The van der Waals surface area contributed by atoms with Crippen LogP contribution < -0.4 is 5.32 Å². The monoisotopic (exact) mass is 405 g/mol. The molecule has 4 aromatic heterocycles. The van der Waals surface area contributed by atoms with E-state index in [2.05, 4.69) is 25.7 Å². The third-order valence-electron chi connectivity index (χ3n) is 4.46. The number of benzene rings is 1. The van der Waals surface area contributed by atoms with Crippen LogP contribution in [0.25, 0.3) is 22.7 Å². The van der Waals surface area contributed by atoms with Gasteiger partial charge >= 0.3 is 0 Å². The number of aromatic nitrogens is 6. The molecule has 0 saturated heterocycles. The van der Waals surface area contributed by atoms with Crippen LogP contribution in [-0.2, 0) is 6.42 Å². The fourth-order valence-electron chi connectivity index (χ4n) is 3.01. The molecule has 1 aromatic carbocycles. The van der Waals surface area contributed by atoms with Gasteiger partial charge in [0, 0.05) is 30.1 Å². The summed E-state index contributed by atoms with van der Waals surface area (Å²) in [5.74, 6) is 1.21. The number of nitrogens with one attached hydrogen (secondary N) is 1. The number of rotatable bonds is 6. The van der Waals surface area contributed by atoms with Crippen LogP contribution in [0.2, 0.25) is 0 Å². The molecule has 0 unspecified atom stereocenters. The summed E-state index contributed by atoms with van der Waals surface area (Å²) in [6, 6.07) is 14.0. The van der Waals surface area contributed by atoms with Crippen molar-refractivity contribution >= 4 is 22.8 Å². The Morgan fingerprint density at radius 1 is 0.966 bits per heavy atom. The molecule has 9 heteroatoms. The summed E-state index contributed by atoms with van der Waals surface area (Å²) in [6.07, 6.45) is 2.60. The number of nitrogens with zero attached hydrogens (tertiary/aromatic N) is 6. The summed E-state index contributed by atoms with van der Waals surface area (Å²) in [7, 11) is 0. The molecule has 0 atom stereocenters. The van der Waals surface area contributed by atoms with Gasteiger partial charge in [-0.3, -0.25) is 0 Å². The van der Waals surface area contributed by atoms with E-state index < -0.39 is 0 Å². The molecule has 7 nitrogen and oxygen atoms in total. The van der Waals surface area contributed by atoms with Crippen LogP contribution in [0.5, 0.6) is 0 Å². The predicted molar refractivity (Wildman–Crippen MR) is 110 cm³/mol. The Morgan fingerprint density at radius 2 is 1.86 bits per heavy atom. The number of fused-ring (bicyclic) bond motifs is 1. The zero-order valence-electron chi connectivity index (χ0n) is 15.2. The lowest BCUT2D eigenvalue weighted by molar-refractivity contribution is 0.627. The molecule has 0 aliphatic carbocycles. The standard InChI is InChI=1S/C20H16FN7S/c21-15-1-3-17(4-2-15)27-11-8-16(25-27)7-10-22-18-5-6-19-23-24-20(28(19)26-18)14-9-12-29-13-14/h1-6,8-9,11-13H,7,10H2,(H,22,26). The number of anilines is 1. The van der Waals surface area contributed by atoms with Crippen molar-refractivity contribution in [3.8, 4) is 17.1 Å². The minimum Gasteiger partial charge on any atom is -0.368 e. The van der Waals surface area contributed by atoms with Crippen LogP contribution in [0, 0.1) is 5.82 Å². The molecule has 5 rings (SSSR count). The molecule has 4 heterocycles. The average molecular weight is 405 g/mol. The van der Waals surface area contributed by atoms with Gasteiger partial charge in [-0.2, -0.15) is 21.0 Å². The van der Waals surface area contributed by atoms with Crippen LogP contribution in [0.15, 0.2) is 65.5 Å². The highest BCUT2D eigenvalue weighted by molar-refractivity contribution is 7.08. The van der Waals surface area contributed by atoms with Gasteiger partial charge in [0.2, 0.25) is 0 Å². The third kappa shape index (κ3) is 3.59. The highest BCUT2D eigenvalue weighted by Gasteiger charge is 2.10. The second-order valence-electron chi connectivity index (χ2n) is 6.43. The van der Waals surface area contributed by atoms with Crippen molar-refractivity contribution in [2.24, 2.45) is 0 Å². The van der Waals surface area contributed by atoms with E-state index in [1.807, 2.05) is 41.2 Å². The molecule has 5 aromatic rings. The summed E-state index contributed by atoms with van der Waals surface area (Å²) < 4.78 is 16.5. The summed E-state index contributed by atoms with van der Waals surface area (Å²) in [6.45, 7) is 0.675. The largest absolute Gasteiger partial charge is 0.368 e. The zero-order valence-corrected chi connectivity index (χ0v) is 16.1. The van der Waals surface area contributed by atoms with Gasteiger partial charge in [0.1, 0.15) is 11.6 Å². The maximum Gasteiger partial charge on any atom is 0.186 e. The quantitative estimate of drug-likeness (QED) is 0.465.